The van der Waals surface area contributed by atoms with Crippen molar-refractivity contribution < 1.29 is 14.3 Å². The van der Waals surface area contributed by atoms with E-state index < -0.39 is 0 Å². The lowest BCUT2D eigenvalue weighted by Crippen LogP contribution is -2.33. The van der Waals surface area contributed by atoms with E-state index in [4.69, 9.17) is 27.9 Å². The zero-order valence-electron chi connectivity index (χ0n) is 17.9. The van der Waals surface area contributed by atoms with Crippen LogP contribution < -0.4 is 10.1 Å². The third kappa shape index (κ3) is 8.00. The van der Waals surface area contributed by atoms with Crippen LogP contribution >= 0.6 is 23.2 Å². The van der Waals surface area contributed by atoms with Crippen LogP contribution in [0.15, 0.2) is 42.5 Å². The fourth-order valence-electron chi connectivity index (χ4n) is 2.81. The van der Waals surface area contributed by atoms with Gasteiger partial charge < -0.3 is 10.1 Å². The van der Waals surface area contributed by atoms with Crippen LogP contribution in [-0.2, 0) is 16.0 Å². The van der Waals surface area contributed by atoms with Crippen LogP contribution in [0.4, 0.5) is 0 Å². The monoisotopic (exact) mass is 449 g/mol. The molecule has 4 nitrogen and oxygen atoms in total. The molecule has 2 aromatic rings. The standard InChI is InChI=1S/C24H29Cl2NO3/c1-16(5-13-22(28)24(2,3)4)27-23(29)14-8-17-6-10-19(11-7-17)30-21-12-9-18(25)15-20(21)26/h6-7,9-12,15-16H,5,8,13-14H2,1-4H3,(H,27,29)/t16-/m1/s1. The van der Waals surface area contributed by atoms with Crippen LogP contribution in [0.2, 0.25) is 10.0 Å². The number of aryl methyl sites for hydroxylation is 1. The molecular formula is C24H29Cl2NO3. The molecule has 1 amide bonds. The van der Waals surface area contributed by atoms with Crippen LogP contribution in [0.1, 0.15) is 52.5 Å². The largest absolute Gasteiger partial charge is 0.456 e. The van der Waals surface area contributed by atoms with Gasteiger partial charge in [-0.15, -0.1) is 0 Å². The lowest BCUT2D eigenvalue weighted by Gasteiger charge is -2.19. The second kappa shape index (κ2) is 10.8. The molecule has 0 saturated heterocycles. The number of amides is 1. The summed E-state index contributed by atoms with van der Waals surface area (Å²) < 4.78 is 5.77. The molecule has 162 valence electrons. The van der Waals surface area contributed by atoms with Crippen molar-refractivity contribution in [3.8, 4) is 11.5 Å². The van der Waals surface area contributed by atoms with Crippen LogP contribution in [0.3, 0.4) is 0 Å². The Labute approximate surface area is 188 Å². The normalized spacial score (nSPS) is 12.3. The van der Waals surface area contributed by atoms with E-state index in [-0.39, 0.29) is 23.1 Å². The van der Waals surface area contributed by atoms with E-state index in [1.807, 2.05) is 52.0 Å². The van der Waals surface area contributed by atoms with Crippen LogP contribution in [-0.4, -0.2) is 17.7 Å². The highest BCUT2D eigenvalue weighted by Gasteiger charge is 2.21. The Bertz CT molecular complexity index is 873. The van der Waals surface area contributed by atoms with E-state index in [1.165, 1.54) is 0 Å². The third-order valence-electron chi connectivity index (χ3n) is 4.73. The molecule has 30 heavy (non-hydrogen) atoms. The molecule has 0 spiro atoms. The molecule has 1 N–H and O–H groups in total. The third-order valence-corrected chi connectivity index (χ3v) is 5.26. The first-order valence-electron chi connectivity index (χ1n) is 10.1. The van der Waals surface area contributed by atoms with Gasteiger partial charge in [-0.2, -0.15) is 0 Å². The summed E-state index contributed by atoms with van der Waals surface area (Å²) in [6, 6.07) is 12.6. The summed E-state index contributed by atoms with van der Waals surface area (Å²) in [7, 11) is 0. The summed E-state index contributed by atoms with van der Waals surface area (Å²) >= 11 is 12.0. The van der Waals surface area contributed by atoms with E-state index in [0.717, 1.165) is 5.56 Å². The highest BCUT2D eigenvalue weighted by molar-refractivity contribution is 6.35. The van der Waals surface area contributed by atoms with Crippen molar-refractivity contribution >= 4 is 34.9 Å². The summed E-state index contributed by atoms with van der Waals surface area (Å²) in [5.74, 6) is 1.39. The maximum absolute atomic E-state index is 12.2. The molecule has 0 aliphatic heterocycles. The Balaban J connectivity index is 1.77. The summed E-state index contributed by atoms with van der Waals surface area (Å²) in [6.45, 7) is 7.68. The average Bonchev–Trinajstić information content (AvgIpc) is 2.67. The maximum atomic E-state index is 12.2. The van der Waals surface area contributed by atoms with Crippen molar-refractivity contribution in [3.63, 3.8) is 0 Å². The fraction of sp³-hybridized carbons (Fsp3) is 0.417. The number of carbonyl (C=O) groups excluding carboxylic acids is 2. The van der Waals surface area contributed by atoms with Crippen molar-refractivity contribution in [2.45, 2.75) is 59.4 Å². The molecule has 0 aromatic heterocycles. The number of halogens is 2. The number of carbonyl (C=O) groups is 2. The molecule has 1 atom stereocenters. The van der Waals surface area contributed by atoms with Crippen molar-refractivity contribution in [2.75, 3.05) is 0 Å². The van der Waals surface area contributed by atoms with Gasteiger partial charge in [-0.05, 0) is 55.7 Å². The number of rotatable bonds is 9. The highest BCUT2D eigenvalue weighted by atomic mass is 35.5. The van der Waals surface area contributed by atoms with E-state index >= 15 is 0 Å². The van der Waals surface area contributed by atoms with Gasteiger partial charge in [0.15, 0.2) is 0 Å². The summed E-state index contributed by atoms with van der Waals surface area (Å²) in [6.07, 6.45) is 2.15. The molecule has 2 aromatic carbocycles. The molecule has 0 saturated carbocycles. The Kier molecular flexibility index (Phi) is 8.75. The van der Waals surface area contributed by atoms with Gasteiger partial charge in [0.1, 0.15) is 17.3 Å². The second-order valence-electron chi connectivity index (χ2n) is 8.50. The molecule has 0 fully saturated rings. The molecule has 2 rings (SSSR count). The molecule has 0 aliphatic rings. The van der Waals surface area contributed by atoms with Gasteiger partial charge >= 0.3 is 0 Å². The summed E-state index contributed by atoms with van der Waals surface area (Å²) in [5, 5.41) is 3.97. The Hall–Kier alpha value is -2.04. The van der Waals surface area contributed by atoms with Gasteiger partial charge in [0.05, 0.1) is 5.02 Å². The number of ketones is 1. The minimum atomic E-state index is -0.335. The van der Waals surface area contributed by atoms with Crippen LogP contribution in [0.5, 0.6) is 11.5 Å². The highest BCUT2D eigenvalue weighted by Crippen LogP contribution is 2.31. The number of hydrogen-bond donors (Lipinski definition) is 1. The predicted molar refractivity (Wildman–Crippen MR) is 123 cm³/mol. The first-order valence-corrected chi connectivity index (χ1v) is 10.8. The number of nitrogens with one attached hydrogen (secondary N) is 1. The van der Waals surface area contributed by atoms with Crippen LogP contribution in [0, 0.1) is 5.41 Å². The quantitative estimate of drug-likeness (QED) is 0.467. The first-order chi connectivity index (χ1) is 14.0. The fourth-order valence-corrected chi connectivity index (χ4v) is 3.26. The van der Waals surface area contributed by atoms with E-state index in [9.17, 15) is 9.59 Å². The summed E-state index contributed by atoms with van der Waals surface area (Å²) in [4.78, 5) is 24.2. The topological polar surface area (TPSA) is 55.4 Å². The SMILES string of the molecule is C[C@H](CCC(=O)C(C)(C)C)NC(=O)CCc1ccc(Oc2ccc(Cl)cc2Cl)cc1. The first kappa shape index (κ1) is 24.2. The molecule has 0 bridgehead atoms. The van der Waals surface area contributed by atoms with Gasteiger partial charge in [-0.1, -0.05) is 56.1 Å². The zero-order chi connectivity index (χ0) is 22.3. The minimum absolute atomic E-state index is 0.0148. The van der Waals surface area contributed by atoms with E-state index in [0.29, 0.717) is 47.2 Å². The van der Waals surface area contributed by atoms with Crippen LogP contribution in [0.25, 0.3) is 0 Å². The van der Waals surface area contributed by atoms with Gasteiger partial charge in [0.2, 0.25) is 5.91 Å². The molecule has 0 unspecified atom stereocenters. The molecule has 0 aliphatic carbocycles. The Morgan fingerprint density at radius 1 is 1.03 bits per heavy atom. The van der Waals surface area contributed by atoms with Gasteiger partial charge in [0.25, 0.3) is 0 Å². The van der Waals surface area contributed by atoms with E-state index in [2.05, 4.69) is 5.32 Å². The smallest absolute Gasteiger partial charge is 0.220 e. The molecule has 0 radical (unpaired) electrons. The lowest BCUT2D eigenvalue weighted by atomic mass is 9.87. The van der Waals surface area contributed by atoms with Crippen molar-refractivity contribution in [2.24, 2.45) is 5.41 Å². The van der Waals surface area contributed by atoms with Gasteiger partial charge in [-0.3, -0.25) is 9.59 Å². The second-order valence-corrected chi connectivity index (χ2v) is 9.34. The molecule has 6 heteroatoms. The maximum Gasteiger partial charge on any atom is 0.220 e. The van der Waals surface area contributed by atoms with Gasteiger partial charge in [0, 0.05) is 29.3 Å². The predicted octanol–water partition coefficient (Wildman–Crippen LogP) is 6.62. The Morgan fingerprint density at radius 2 is 1.70 bits per heavy atom. The number of ether oxygens (including phenoxy) is 1. The average molecular weight is 450 g/mol. The summed E-state index contributed by atoms with van der Waals surface area (Å²) in [5.41, 5.74) is 0.702. The lowest BCUT2D eigenvalue weighted by molar-refractivity contribution is -0.127. The number of benzene rings is 2. The molecular weight excluding hydrogens is 421 g/mol. The Morgan fingerprint density at radius 3 is 2.30 bits per heavy atom. The van der Waals surface area contributed by atoms with E-state index in [1.54, 1.807) is 18.2 Å². The minimum Gasteiger partial charge on any atom is -0.456 e. The number of Topliss-reactive ketones (excluding diaryl/α,β-unsaturated/α-hetero) is 1. The van der Waals surface area contributed by atoms with Gasteiger partial charge in [-0.25, -0.2) is 0 Å². The van der Waals surface area contributed by atoms with Crippen molar-refractivity contribution in [1.82, 2.24) is 5.32 Å². The zero-order valence-corrected chi connectivity index (χ0v) is 19.4. The molecule has 0 heterocycles. The number of hydrogen-bond acceptors (Lipinski definition) is 3. The van der Waals surface area contributed by atoms with Crippen molar-refractivity contribution in [3.05, 3.63) is 58.1 Å². The van der Waals surface area contributed by atoms with Crippen molar-refractivity contribution in [1.29, 1.82) is 0 Å².